The summed E-state index contributed by atoms with van der Waals surface area (Å²) < 4.78 is 5.06. The van der Waals surface area contributed by atoms with Gasteiger partial charge in [-0.15, -0.1) is 0 Å². The number of aryl methyl sites for hydroxylation is 1. The highest BCUT2D eigenvalue weighted by Crippen LogP contribution is 2.05. The summed E-state index contributed by atoms with van der Waals surface area (Å²) in [6.45, 7) is 1.97. The van der Waals surface area contributed by atoms with Crippen LogP contribution >= 0.6 is 0 Å². The Balaban J connectivity index is 2.10. The van der Waals surface area contributed by atoms with Crippen molar-refractivity contribution < 1.29 is 14.6 Å². The van der Waals surface area contributed by atoms with Crippen LogP contribution < -0.4 is 0 Å². The normalized spacial score (nSPS) is 12.1. The number of esters is 1. The minimum Gasteiger partial charge on any atom is -0.466 e. The second-order valence-corrected chi connectivity index (χ2v) is 4.29. The molecular weight excluding hydrogens is 216 g/mol. The zero-order chi connectivity index (χ0) is 12.5. The first-order valence-electron chi connectivity index (χ1n) is 6.00. The van der Waals surface area contributed by atoms with Gasteiger partial charge in [-0.25, -0.2) is 5.11 Å². The molecule has 1 rings (SSSR count). The monoisotopic (exact) mass is 235 g/mol. The van der Waals surface area contributed by atoms with Gasteiger partial charge in [0.1, 0.15) is 0 Å². The van der Waals surface area contributed by atoms with Crippen LogP contribution in [0.4, 0.5) is 0 Å². The summed E-state index contributed by atoms with van der Waals surface area (Å²) in [5.74, 6) is -0.391. The highest BCUT2D eigenvalue weighted by atomic mass is 16.5. The van der Waals surface area contributed by atoms with Gasteiger partial charge in [0, 0.05) is 0 Å². The van der Waals surface area contributed by atoms with Crippen LogP contribution in [0.1, 0.15) is 25.3 Å². The summed E-state index contributed by atoms with van der Waals surface area (Å²) in [4.78, 5) is 11.3. The molecule has 0 amide bonds. The highest BCUT2D eigenvalue weighted by Gasteiger charge is 2.09. The van der Waals surface area contributed by atoms with Gasteiger partial charge in [-0.2, -0.15) is 0 Å². The first kappa shape index (κ1) is 13.7. The minimum atomic E-state index is -0.263. The van der Waals surface area contributed by atoms with Crippen molar-refractivity contribution in [2.45, 2.75) is 26.2 Å². The number of hydrogen-bond acceptors (Lipinski definition) is 2. The number of hydrogen-bond donors (Lipinski definition) is 0. The van der Waals surface area contributed by atoms with Gasteiger partial charge in [0.2, 0.25) is 0 Å². The van der Waals surface area contributed by atoms with Crippen LogP contribution in [0.15, 0.2) is 30.3 Å². The van der Waals surface area contributed by atoms with E-state index in [1.165, 1.54) is 5.56 Å². The van der Waals surface area contributed by atoms with Gasteiger partial charge in [0.05, 0.1) is 19.6 Å². The molecule has 3 heteroatoms. The maximum Gasteiger partial charge on any atom is 0.306 e. The molecule has 0 spiro atoms. The van der Waals surface area contributed by atoms with Crippen molar-refractivity contribution in [3.05, 3.63) is 35.9 Å². The molecule has 93 valence electrons. The van der Waals surface area contributed by atoms with Crippen molar-refractivity contribution in [2.24, 2.45) is 5.92 Å². The van der Waals surface area contributed by atoms with Crippen LogP contribution in [-0.2, 0) is 21.1 Å². The Morgan fingerprint density at radius 2 is 2.00 bits per heavy atom. The zero-order valence-corrected chi connectivity index (χ0v) is 10.2. The number of ether oxygens (including phenoxy) is 1. The molecule has 1 aromatic rings. The van der Waals surface area contributed by atoms with Crippen LogP contribution in [0.2, 0.25) is 0 Å². The van der Waals surface area contributed by atoms with Gasteiger partial charge in [0.25, 0.3) is 0 Å². The molecule has 0 N–H and O–H groups in total. The lowest BCUT2D eigenvalue weighted by atomic mass is 10.1. The van der Waals surface area contributed by atoms with Crippen LogP contribution in [0.5, 0.6) is 0 Å². The van der Waals surface area contributed by atoms with Crippen LogP contribution in [0.25, 0.3) is 0 Å². The summed E-state index contributed by atoms with van der Waals surface area (Å²) >= 11 is 0. The second-order valence-electron chi connectivity index (χ2n) is 4.29. The Kier molecular flexibility index (Phi) is 6.33. The molecule has 3 nitrogen and oxygen atoms in total. The maximum absolute atomic E-state index is 11.3. The van der Waals surface area contributed by atoms with E-state index in [1.807, 2.05) is 18.2 Å². The van der Waals surface area contributed by atoms with Crippen molar-refractivity contribution in [2.75, 3.05) is 13.2 Å². The SMILES string of the molecule is CC(C[O])CC(=O)OCCCc1ccccc1. The molecule has 0 heterocycles. The van der Waals surface area contributed by atoms with E-state index in [2.05, 4.69) is 12.1 Å². The summed E-state index contributed by atoms with van der Waals surface area (Å²) in [6, 6.07) is 10.1. The summed E-state index contributed by atoms with van der Waals surface area (Å²) in [6.07, 6.45) is 1.96. The lowest BCUT2D eigenvalue weighted by Gasteiger charge is -2.07. The summed E-state index contributed by atoms with van der Waals surface area (Å²) in [5, 5.41) is 10.5. The average molecular weight is 235 g/mol. The lowest BCUT2D eigenvalue weighted by Crippen LogP contribution is -2.12. The van der Waals surface area contributed by atoms with Crippen molar-refractivity contribution in [1.29, 1.82) is 0 Å². The fourth-order valence-corrected chi connectivity index (χ4v) is 1.51. The van der Waals surface area contributed by atoms with E-state index in [4.69, 9.17) is 4.74 Å². The highest BCUT2D eigenvalue weighted by molar-refractivity contribution is 5.69. The van der Waals surface area contributed by atoms with E-state index in [0.29, 0.717) is 6.61 Å². The van der Waals surface area contributed by atoms with E-state index in [9.17, 15) is 9.90 Å². The minimum absolute atomic E-state index is 0.128. The predicted molar refractivity (Wildman–Crippen MR) is 65.1 cm³/mol. The number of rotatable bonds is 7. The Hall–Kier alpha value is -1.35. The molecular formula is C14H19O3. The molecule has 0 aliphatic rings. The molecule has 17 heavy (non-hydrogen) atoms. The average Bonchev–Trinajstić information content (AvgIpc) is 2.36. The molecule has 1 aromatic carbocycles. The third-order valence-corrected chi connectivity index (χ3v) is 2.52. The maximum atomic E-state index is 11.3. The molecule has 0 bridgehead atoms. The van der Waals surface area contributed by atoms with Crippen LogP contribution in [0, 0.1) is 5.92 Å². The third kappa shape index (κ3) is 6.07. The molecule has 1 atom stereocenters. The van der Waals surface area contributed by atoms with Gasteiger partial charge in [-0.3, -0.25) is 4.79 Å². The number of carbonyl (C=O) groups excluding carboxylic acids is 1. The molecule has 1 radical (unpaired) electrons. The fraction of sp³-hybridized carbons (Fsp3) is 0.500. The van der Waals surface area contributed by atoms with Gasteiger partial charge >= 0.3 is 5.97 Å². The van der Waals surface area contributed by atoms with Crippen molar-refractivity contribution >= 4 is 5.97 Å². The van der Waals surface area contributed by atoms with Gasteiger partial charge in [0.15, 0.2) is 0 Å². The third-order valence-electron chi connectivity index (χ3n) is 2.52. The molecule has 0 fully saturated rings. The Morgan fingerprint density at radius 3 is 2.65 bits per heavy atom. The number of carbonyl (C=O) groups is 1. The number of benzene rings is 1. The van der Waals surface area contributed by atoms with Gasteiger partial charge in [-0.05, 0) is 24.3 Å². The molecule has 0 aliphatic carbocycles. The lowest BCUT2D eigenvalue weighted by molar-refractivity contribution is -0.145. The Labute approximate surface area is 102 Å². The molecule has 0 aromatic heterocycles. The topological polar surface area (TPSA) is 46.2 Å². The standard InChI is InChI=1S/C14H19O3/c1-12(11-15)10-14(16)17-9-5-8-13-6-3-2-4-7-13/h2-4,6-7,12H,5,8-11H2,1H3. The van der Waals surface area contributed by atoms with E-state index < -0.39 is 0 Å². The summed E-state index contributed by atoms with van der Waals surface area (Å²) in [5.41, 5.74) is 1.25. The van der Waals surface area contributed by atoms with Gasteiger partial charge < -0.3 is 4.74 Å². The van der Waals surface area contributed by atoms with E-state index >= 15 is 0 Å². The van der Waals surface area contributed by atoms with Crippen molar-refractivity contribution in [3.8, 4) is 0 Å². The quantitative estimate of drug-likeness (QED) is 0.538. The smallest absolute Gasteiger partial charge is 0.306 e. The van der Waals surface area contributed by atoms with Crippen molar-refractivity contribution in [1.82, 2.24) is 0 Å². The second kappa shape index (κ2) is 7.85. The summed E-state index contributed by atoms with van der Waals surface area (Å²) in [7, 11) is 0. The Bertz CT molecular complexity index is 321. The molecule has 0 saturated heterocycles. The van der Waals surface area contributed by atoms with Gasteiger partial charge in [-0.1, -0.05) is 37.3 Å². The molecule has 0 aliphatic heterocycles. The first-order valence-corrected chi connectivity index (χ1v) is 6.00. The largest absolute Gasteiger partial charge is 0.466 e. The van der Waals surface area contributed by atoms with E-state index in [1.54, 1.807) is 6.92 Å². The molecule has 1 unspecified atom stereocenters. The van der Waals surface area contributed by atoms with Crippen LogP contribution in [0.3, 0.4) is 0 Å². The van der Waals surface area contributed by atoms with Crippen LogP contribution in [-0.4, -0.2) is 19.2 Å². The van der Waals surface area contributed by atoms with E-state index in [-0.39, 0.29) is 24.9 Å². The zero-order valence-electron chi connectivity index (χ0n) is 10.2. The van der Waals surface area contributed by atoms with Crippen molar-refractivity contribution in [3.63, 3.8) is 0 Å². The predicted octanol–water partition coefficient (Wildman–Crippen LogP) is 2.62. The first-order chi connectivity index (χ1) is 8.22. The fourth-order valence-electron chi connectivity index (χ4n) is 1.51. The Morgan fingerprint density at radius 1 is 1.29 bits per heavy atom. The molecule has 0 saturated carbocycles. The van der Waals surface area contributed by atoms with E-state index in [0.717, 1.165) is 12.8 Å².